The molecule has 1 aromatic carbocycles. The fraction of sp³-hybridized carbons (Fsp3) is 0.286. The minimum absolute atomic E-state index is 0.404. The summed E-state index contributed by atoms with van der Waals surface area (Å²) < 4.78 is 1.79. The summed E-state index contributed by atoms with van der Waals surface area (Å²) in [6.07, 6.45) is 1.98. The highest BCUT2D eigenvalue weighted by atomic mass is 16.1. The Kier molecular flexibility index (Phi) is 3.55. The monoisotopic (exact) mass is 258 g/mol. The molecule has 2 rings (SSSR count). The Balaban J connectivity index is 2.18. The number of rotatable bonds is 4. The normalized spacial score (nSPS) is 10.5. The summed E-state index contributed by atoms with van der Waals surface area (Å²) in [7, 11) is 1.90. The molecular formula is C14H18N4O. The average Bonchev–Trinajstić information content (AvgIpc) is 2.66. The second-order valence-corrected chi connectivity index (χ2v) is 4.61. The smallest absolute Gasteiger partial charge is 0.249 e. The third kappa shape index (κ3) is 2.76. The molecule has 0 unspecified atom stereocenters. The summed E-state index contributed by atoms with van der Waals surface area (Å²) in [5, 5.41) is 7.61. The van der Waals surface area contributed by atoms with Crippen molar-refractivity contribution >= 4 is 11.6 Å². The Hall–Kier alpha value is -2.30. The van der Waals surface area contributed by atoms with Gasteiger partial charge in [0, 0.05) is 36.6 Å². The molecule has 3 N–H and O–H groups in total. The first-order valence-corrected chi connectivity index (χ1v) is 6.11. The van der Waals surface area contributed by atoms with E-state index in [9.17, 15) is 4.79 Å². The lowest BCUT2D eigenvalue weighted by Crippen LogP contribution is -2.14. The number of nitrogens with one attached hydrogen (secondary N) is 1. The van der Waals surface area contributed by atoms with E-state index in [2.05, 4.69) is 10.4 Å². The van der Waals surface area contributed by atoms with Crippen LogP contribution in [0, 0.1) is 13.8 Å². The zero-order valence-corrected chi connectivity index (χ0v) is 11.4. The second-order valence-electron chi connectivity index (χ2n) is 4.61. The molecule has 0 saturated carbocycles. The number of aromatic nitrogens is 2. The van der Waals surface area contributed by atoms with E-state index in [1.807, 2.05) is 39.2 Å². The maximum atomic E-state index is 11.3. The quantitative estimate of drug-likeness (QED) is 0.877. The van der Waals surface area contributed by atoms with E-state index in [1.54, 1.807) is 10.7 Å². The van der Waals surface area contributed by atoms with Crippen LogP contribution in [-0.4, -0.2) is 15.7 Å². The van der Waals surface area contributed by atoms with Gasteiger partial charge in [-0.25, -0.2) is 0 Å². The van der Waals surface area contributed by atoms with Crippen LogP contribution in [0.5, 0.6) is 0 Å². The lowest BCUT2D eigenvalue weighted by molar-refractivity contribution is 0.1000. The SMILES string of the molecule is Cc1nn(C)cc1CNc1cccc(C(N)=O)c1C. The van der Waals surface area contributed by atoms with Crippen LogP contribution in [0.25, 0.3) is 0 Å². The molecule has 0 atom stereocenters. The van der Waals surface area contributed by atoms with Crippen LogP contribution in [0.1, 0.15) is 27.2 Å². The van der Waals surface area contributed by atoms with Crippen molar-refractivity contribution in [3.63, 3.8) is 0 Å². The van der Waals surface area contributed by atoms with E-state index < -0.39 is 5.91 Å². The Morgan fingerprint density at radius 1 is 1.42 bits per heavy atom. The number of benzene rings is 1. The van der Waals surface area contributed by atoms with Gasteiger partial charge in [0.25, 0.3) is 0 Å². The van der Waals surface area contributed by atoms with Gasteiger partial charge in [0.05, 0.1) is 5.69 Å². The van der Waals surface area contributed by atoms with Crippen LogP contribution in [0.2, 0.25) is 0 Å². The molecule has 5 nitrogen and oxygen atoms in total. The predicted octanol–water partition coefficient (Wildman–Crippen LogP) is 1.75. The van der Waals surface area contributed by atoms with Gasteiger partial charge in [-0.3, -0.25) is 9.48 Å². The van der Waals surface area contributed by atoms with Gasteiger partial charge in [-0.2, -0.15) is 5.10 Å². The Morgan fingerprint density at radius 2 is 2.16 bits per heavy atom. The standard InChI is InChI=1S/C14H18N4O/c1-9-12(14(15)19)5-4-6-13(9)16-7-11-8-18(3)17-10(11)2/h4-6,8,16H,7H2,1-3H3,(H2,15,19). The molecule has 0 aliphatic rings. The van der Waals surface area contributed by atoms with Crippen molar-refractivity contribution in [2.45, 2.75) is 20.4 Å². The predicted molar refractivity (Wildman–Crippen MR) is 75.0 cm³/mol. The zero-order valence-electron chi connectivity index (χ0n) is 11.4. The van der Waals surface area contributed by atoms with Gasteiger partial charge in [0.2, 0.25) is 5.91 Å². The van der Waals surface area contributed by atoms with Crippen LogP contribution in [-0.2, 0) is 13.6 Å². The summed E-state index contributed by atoms with van der Waals surface area (Å²) in [6, 6.07) is 5.50. The van der Waals surface area contributed by atoms with Crippen molar-refractivity contribution in [1.29, 1.82) is 0 Å². The summed E-state index contributed by atoms with van der Waals surface area (Å²) >= 11 is 0. The number of primary amides is 1. The van der Waals surface area contributed by atoms with Crippen molar-refractivity contribution in [2.24, 2.45) is 12.8 Å². The number of hydrogen-bond donors (Lipinski definition) is 2. The van der Waals surface area contributed by atoms with Crippen LogP contribution in [0.4, 0.5) is 5.69 Å². The first kappa shape index (κ1) is 13.1. The number of carbonyl (C=O) groups excluding carboxylic acids is 1. The van der Waals surface area contributed by atoms with Crippen molar-refractivity contribution in [2.75, 3.05) is 5.32 Å². The number of amides is 1. The molecule has 0 radical (unpaired) electrons. The highest BCUT2D eigenvalue weighted by Gasteiger charge is 2.09. The molecule has 100 valence electrons. The molecule has 1 amide bonds. The van der Waals surface area contributed by atoms with Crippen LogP contribution in [0.15, 0.2) is 24.4 Å². The van der Waals surface area contributed by atoms with E-state index >= 15 is 0 Å². The molecule has 0 bridgehead atoms. The summed E-state index contributed by atoms with van der Waals surface area (Å²) in [5.41, 5.74) is 9.80. The number of carbonyl (C=O) groups is 1. The molecule has 0 spiro atoms. The first-order valence-electron chi connectivity index (χ1n) is 6.11. The Morgan fingerprint density at radius 3 is 2.74 bits per heavy atom. The zero-order chi connectivity index (χ0) is 14.0. The van der Waals surface area contributed by atoms with Crippen molar-refractivity contribution < 1.29 is 4.79 Å². The molecule has 0 aliphatic carbocycles. The average molecular weight is 258 g/mol. The summed E-state index contributed by atoms with van der Waals surface area (Å²) in [5.74, 6) is -0.404. The van der Waals surface area contributed by atoms with Gasteiger partial charge in [-0.1, -0.05) is 6.07 Å². The third-order valence-electron chi connectivity index (χ3n) is 3.18. The number of anilines is 1. The van der Waals surface area contributed by atoms with E-state index in [4.69, 9.17) is 5.73 Å². The Labute approximate surface area is 112 Å². The molecule has 0 fully saturated rings. The lowest BCUT2D eigenvalue weighted by atomic mass is 10.1. The van der Waals surface area contributed by atoms with Crippen LogP contribution >= 0.6 is 0 Å². The second kappa shape index (κ2) is 5.14. The van der Waals surface area contributed by atoms with Gasteiger partial charge in [0.1, 0.15) is 0 Å². The minimum Gasteiger partial charge on any atom is -0.381 e. The van der Waals surface area contributed by atoms with Crippen molar-refractivity contribution in [3.05, 3.63) is 46.8 Å². The van der Waals surface area contributed by atoms with E-state index in [1.165, 1.54) is 0 Å². The molecule has 1 heterocycles. The molecule has 0 saturated heterocycles. The molecule has 19 heavy (non-hydrogen) atoms. The number of nitrogens with two attached hydrogens (primary N) is 1. The maximum absolute atomic E-state index is 11.3. The number of nitrogens with zero attached hydrogens (tertiary/aromatic N) is 2. The van der Waals surface area contributed by atoms with Gasteiger partial charge in [-0.05, 0) is 31.5 Å². The number of hydrogen-bond acceptors (Lipinski definition) is 3. The van der Waals surface area contributed by atoms with E-state index in [0.29, 0.717) is 12.1 Å². The largest absolute Gasteiger partial charge is 0.381 e. The fourth-order valence-corrected chi connectivity index (χ4v) is 2.11. The van der Waals surface area contributed by atoms with Gasteiger partial charge in [-0.15, -0.1) is 0 Å². The first-order chi connectivity index (χ1) is 8.99. The highest BCUT2D eigenvalue weighted by Crippen LogP contribution is 2.19. The van der Waals surface area contributed by atoms with Gasteiger partial charge >= 0.3 is 0 Å². The summed E-state index contributed by atoms with van der Waals surface area (Å²) in [6.45, 7) is 4.53. The third-order valence-corrected chi connectivity index (χ3v) is 3.18. The van der Waals surface area contributed by atoms with Crippen LogP contribution in [0.3, 0.4) is 0 Å². The molecule has 1 aromatic heterocycles. The molecular weight excluding hydrogens is 240 g/mol. The Bertz CT molecular complexity index is 616. The molecule has 5 heteroatoms. The minimum atomic E-state index is -0.404. The molecule has 0 aliphatic heterocycles. The lowest BCUT2D eigenvalue weighted by Gasteiger charge is -2.11. The van der Waals surface area contributed by atoms with Gasteiger partial charge < -0.3 is 11.1 Å². The van der Waals surface area contributed by atoms with Gasteiger partial charge in [0.15, 0.2) is 0 Å². The van der Waals surface area contributed by atoms with Crippen molar-refractivity contribution in [3.8, 4) is 0 Å². The topological polar surface area (TPSA) is 72.9 Å². The maximum Gasteiger partial charge on any atom is 0.249 e. The van der Waals surface area contributed by atoms with Crippen molar-refractivity contribution in [1.82, 2.24) is 9.78 Å². The highest BCUT2D eigenvalue weighted by molar-refractivity contribution is 5.95. The summed E-state index contributed by atoms with van der Waals surface area (Å²) in [4.78, 5) is 11.3. The number of aryl methyl sites for hydroxylation is 2. The fourth-order valence-electron chi connectivity index (χ4n) is 2.11. The molecule has 2 aromatic rings. The van der Waals surface area contributed by atoms with E-state index in [0.717, 1.165) is 22.5 Å². The van der Waals surface area contributed by atoms with Crippen LogP contribution < -0.4 is 11.1 Å². The van der Waals surface area contributed by atoms with E-state index in [-0.39, 0.29) is 0 Å².